The number of ketones is 2. The highest BCUT2D eigenvalue weighted by Crippen LogP contribution is 2.21. The summed E-state index contributed by atoms with van der Waals surface area (Å²) in [5, 5.41) is 58.8. The fourth-order valence-corrected chi connectivity index (χ4v) is 2.64. The largest absolute Gasteiger partial charge is 0.509 e. The number of rotatable bonds is 9. The Bertz CT molecular complexity index is 809. The van der Waals surface area contributed by atoms with Crippen molar-refractivity contribution in [2.75, 3.05) is 6.61 Å². The van der Waals surface area contributed by atoms with Gasteiger partial charge in [-0.05, 0) is 0 Å². The van der Waals surface area contributed by atoms with Crippen molar-refractivity contribution in [3.8, 4) is 0 Å². The van der Waals surface area contributed by atoms with Crippen molar-refractivity contribution in [3.63, 3.8) is 0 Å². The Labute approximate surface area is 166 Å². The highest BCUT2D eigenvalue weighted by atomic mass is 16.4. The molecule has 4 atom stereocenters. The van der Waals surface area contributed by atoms with Gasteiger partial charge in [0.05, 0.1) is 6.61 Å². The summed E-state index contributed by atoms with van der Waals surface area (Å²) in [6.07, 6.45) is -8.32. The van der Waals surface area contributed by atoms with Crippen LogP contribution in [0.4, 0.5) is 0 Å². The van der Waals surface area contributed by atoms with Gasteiger partial charge in [0.2, 0.25) is 0 Å². The molecule has 8 heteroatoms. The molecular weight excluding hydrogens is 380 g/mol. The Hall–Kier alpha value is -2.88. The number of carbonyl (C=O) groups is 2. The molecule has 0 radical (unpaired) electrons. The van der Waals surface area contributed by atoms with Gasteiger partial charge in [-0.1, -0.05) is 60.7 Å². The first kappa shape index (κ1) is 22.4. The molecule has 0 saturated heterocycles. The van der Waals surface area contributed by atoms with Crippen LogP contribution >= 0.6 is 0 Å². The minimum atomic E-state index is -2.28. The lowest BCUT2D eigenvalue weighted by Crippen LogP contribution is -2.47. The normalized spacial score (nSPS) is 15.1. The van der Waals surface area contributed by atoms with Gasteiger partial charge in [0.1, 0.15) is 35.7 Å². The van der Waals surface area contributed by atoms with Crippen LogP contribution in [0.25, 0.3) is 0 Å². The Morgan fingerprint density at radius 1 is 0.724 bits per heavy atom. The predicted octanol–water partition coefficient (Wildman–Crippen LogP) is 0.000200. The van der Waals surface area contributed by atoms with Crippen LogP contribution in [0.3, 0.4) is 0 Å². The lowest BCUT2D eigenvalue weighted by atomic mass is 9.91. The van der Waals surface area contributed by atoms with E-state index in [1.54, 1.807) is 36.4 Å². The molecule has 0 amide bonds. The fourth-order valence-electron chi connectivity index (χ4n) is 2.64. The first-order chi connectivity index (χ1) is 13.8. The van der Waals surface area contributed by atoms with E-state index in [0.717, 1.165) is 0 Å². The number of Topliss-reactive ketones (excluding diaryl/α,β-unsaturated/α-hetero) is 2. The molecule has 2 aromatic carbocycles. The van der Waals surface area contributed by atoms with Gasteiger partial charge in [-0.15, -0.1) is 0 Å². The second-order valence-corrected chi connectivity index (χ2v) is 6.33. The van der Waals surface area contributed by atoms with Gasteiger partial charge in [0.15, 0.2) is 11.6 Å². The molecule has 0 saturated carbocycles. The topological polar surface area (TPSA) is 156 Å². The molecule has 0 aromatic heterocycles. The van der Waals surface area contributed by atoms with Crippen molar-refractivity contribution >= 4 is 11.6 Å². The maximum Gasteiger partial charge on any atom is 0.200 e. The minimum Gasteiger partial charge on any atom is -0.509 e. The van der Waals surface area contributed by atoms with Gasteiger partial charge < -0.3 is 30.6 Å². The van der Waals surface area contributed by atoms with Crippen LogP contribution in [0.15, 0.2) is 72.0 Å². The predicted molar refractivity (Wildman–Crippen MR) is 102 cm³/mol. The third-order valence-corrected chi connectivity index (χ3v) is 4.32. The molecule has 0 fully saturated rings. The van der Waals surface area contributed by atoms with Crippen LogP contribution in [0.1, 0.15) is 20.7 Å². The zero-order valence-electron chi connectivity index (χ0n) is 15.3. The van der Waals surface area contributed by atoms with Crippen LogP contribution in [-0.4, -0.2) is 73.2 Å². The van der Waals surface area contributed by atoms with E-state index in [-0.39, 0.29) is 11.1 Å². The summed E-state index contributed by atoms with van der Waals surface area (Å²) in [6, 6.07) is 15.1. The fraction of sp³-hybridized carbons (Fsp3) is 0.238. The number of aliphatic hydroxyl groups is 6. The van der Waals surface area contributed by atoms with E-state index in [4.69, 9.17) is 5.11 Å². The molecule has 8 nitrogen and oxygen atoms in total. The number of aliphatic hydroxyl groups excluding tert-OH is 6. The van der Waals surface area contributed by atoms with E-state index >= 15 is 0 Å². The summed E-state index contributed by atoms with van der Waals surface area (Å²) in [4.78, 5) is 25.8. The SMILES string of the molecule is O=C(C(C(=O)c1ccccc1)=C(O)C(O)C(O)C(O)C(O)CO)c1ccccc1. The maximum absolute atomic E-state index is 12.9. The summed E-state index contributed by atoms with van der Waals surface area (Å²) in [6.45, 7) is -0.922. The highest BCUT2D eigenvalue weighted by molar-refractivity contribution is 6.31. The van der Waals surface area contributed by atoms with E-state index in [9.17, 15) is 35.1 Å². The van der Waals surface area contributed by atoms with Crippen molar-refractivity contribution in [2.24, 2.45) is 0 Å². The zero-order chi connectivity index (χ0) is 21.6. The smallest absolute Gasteiger partial charge is 0.200 e. The van der Waals surface area contributed by atoms with E-state index in [2.05, 4.69) is 0 Å². The number of benzene rings is 2. The quantitative estimate of drug-likeness (QED) is 0.113. The Morgan fingerprint density at radius 3 is 1.52 bits per heavy atom. The van der Waals surface area contributed by atoms with Gasteiger partial charge in [-0.3, -0.25) is 9.59 Å². The first-order valence-corrected chi connectivity index (χ1v) is 8.75. The van der Waals surface area contributed by atoms with Crippen LogP contribution in [0, 0.1) is 0 Å². The molecule has 0 aliphatic carbocycles. The molecule has 6 N–H and O–H groups in total. The van der Waals surface area contributed by atoms with Gasteiger partial charge >= 0.3 is 0 Å². The van der Waals surface area contributed by atoms with E-state index in [0.29, 0.717) is 0 Å². The van der Waals surface area contributed by atoms with Crippen molar-refractivity contribution < 1.29 is 40.2 Å². The molecule has 0 aliphatic rings. The zero-order valence-corrected chi connectivity index (χ0v) is 15.3. The van der Waals surface area contributed by atoms with Crippen molar-refractivity contribution in [2.45, 2.75) is 24.4 Å². The molecule has 29 heavy (non-hydrogen) atoms. The number of allylic oxidation sites excluding steroid dienone is 1. The molecule has 0 bridgehead atoms. The summed E-state index contributed by atoms with van der Waals surface area (Å²) >= 11 is 0. The third-order valence-electron chi connectivity index (χ3n) is 4.32. The lowest BCUT2D eigenvalue weighted by molar-refractivity contribution is -0.113. The van der Waals surface area contributed by atoms with E-state index in [1.807, 2.05) is 0 Å². The van der Waals surface area contributed by atoms with E-state index in [1.165, 1.54) is 24.3 Å². The van der Waals surface area contributed by atoms with Gasteiger partial charge in [-0.25, -0.2) is 0 Å². The van der Waals surface area contributed by atoms with Gasteiger partial charge in [0.25, 0.3) is 0 Å². The first-order valence-electron chi connectivity index (χ1n) is 8.75. The second-order valence-electron chi connectivity index (χ2n) is 6.33. The Balaban J connectivity index is 2.52. The molecule has 2 aromatic rings. The highest BCUT2D eigenvalue weighted by Gasteiger charge is 2.36. The molecule has 4 unspecified atom stereocenters. The van der Waals surface area contributed by atoms with Crippen LogP contribution in [-0.2, 0) is 0 Å². The molecule has 0 spiro atoms. The summed E-state index contributed by atoms with van der Waals surface area (Å²) in [5.74, 6) is -2.97. The minimum absolute atomic E-state index is 0.0518. The van der Waals surface area contributed by atoms with Crippen LogP contribution in [0.5, 0.6) is 0 Å². The van der Waals surface area contributed by atoms with Crippen molar-refractivity contribution in [1.82, 2.24) is 0 Å². The number of carbonyl (C=O) groups excluding carboxylic acids is 2. The molecule has 2 rings (SSSR count). The Morgan fingerprint density at radius 2 is 1.14 bits per heavy atom. The summed E-state index contributed by atoms with van der Waals surface area (Å²) in [5.41, 5.74) is -0.688. The number of hydrogen-bond acceptors (Lipinski definition) is 8. The van der Waals surface area contributed by atoms with Crippen molar-refractivity contribution in [3.05, 3.63) is 83.1 Å². The standard InChI is InChI=1S/C21H22O8/c22-11-14(23)18(26)20(28)21(29)19(27)15(16(24)12-7-3-1-4-8-12)17(25)13-9-5-2-6-10-13/h1-10,14,18,20-23,26-29H,11H2. The van der Waals surface area contributed by atoms with Crippen molar-refractivity contribution in [1.29, 1.82) is 0 Å². The van der Waals surface area contributed by atoms with Crippen LogP contribution in [0.2, 0.25) is 0 Å². The molecule has 0 aliphatic heterocycles. The molecule has 154 valence electrons. The molecular formula is C21H22O8. The Kier molecular flexibility index (Phi) is 7.77. The monoisotopic (exact) mass is 402 g/mol. The lowest BCUT2D eigenvalue weighted by Gasteiger charge is -2.26. The van der Waals surface area contributed by atoms with Gasteiger partial charge in [0, 0.05) is 11.1 Å². The average Bonchev–Trinajstić information content (AvgIpc) is 2.77. The van der Waals surface area contributed by atoms with Gasteiger partial charge in [-0.2, -0.15) is 0 Å². The summed E-state index contributed by atoms with van der Waals surface area (Å²) < 4.78 is 0. The third kappa shape index (κ3) is 5.14. The summed E-state index contributed by atoms with van der Waals surface area (Å²) in [7, 11) is 0. The molecule has 0 heterocycles. The average molecular weight is 402 g/mol. The van der Waals surface area contributed by atoms with E-state index < -0.39 is 53.9 Å². The van der Waals surface area contributed by atoms with Crippen LogP contribution < -0.4 is 0 Å². The second kappa shape index (κ2) is 10.1. The number of hydrogen-bond donors (Lipinski definition) is 6. The maximum atomic E-state index is 12.9.